The Morgan fingerprint density at radius 1 is 1.35 bits per heavy atom. The van der Waals surface area contributed by atoms with E-state index in [-0.39, 0.29) is 0 Å². The smallest absolute Gasteiger partial charge is 0.0939 e. The lowest BCUT2D eigenvalue weighted by Crippen LogP contribution is -2.15. The zero-order chi connectivity index (χ0) is 11.7. The van der Waals surface area contributed by atoms with Gasteiger partial charge in [-0.15, -0.1) is 0 Å². The van der Waals surface area contributed by atoms with Gasteiger partial charge >= 0.3 is 0 Å². The summed E-state index contributed by atoms with van der Waals surface area (Å²) < 4.78 is 0. The SMILES string of the molecule is Clc1ccccc1-c1cc(CNC2CC2)[nH]n1. The predicted octanol–water partition coefficient (Wildman–Crippen LogP) is 2.98. The Morgan fingerprint density at radius 2 is 2.18 bits per heavy atom. The van der Waals surface area contributed by atoms with Crippen LogP contribution in [0.2, 0.25) is 5.02 Å². The molecule has 1 saturated carbocycles. The van der Waals surface area contributed by atoms with Crippen molar-refractivity contribution in [2.45, 2.75) is 25.4 Å². The summed E-state index contributed by atoms with van der Waals surface area (Å²) >= 11 is 6.14. The fourth-order valence-corrected chi connectivity index (χ4v) is 2.03. The van der Waals surface area contributed by atoms with Crippen LogP contribution in [-0.4, -0.2) is 16.2 Å². The van der Waals surface area contributed by atoms with E-state index >= 15 is 0 Å². The van der Waals surface area contributed by atoms with Gasteiger partial charge in [0.2, 0.25) is 0 Å². The third-order valence-corrected chi connectivity index (χ3v) is 3.27. The minimum Gasteiger partial charge on any atom is -0.308 e. The van der Waals surface area contributed by atoms with Gasteiger partial charge in [0.1, 0.15) is 0 Å². The maximum Gasteiger partial charge on any atom is 0.0939 e. The van der Waals surface area contributed by atoms with Crippen LogP contribution in [0.1, 0.15) is 18.5 Å². The van der Waals surface area contributed by atoms with Gasteiger partial charge in [-0.3, -0.25) is 5.10 Å². The molecule has 0 bridgehead atoms. The Labute approximate surface area is 105 Å². The van der Waals surface area contributed by atoms with Crippen molar-refractivity contribution >= 4 is 11.6 Å². The summed E-state index contributed by atoms with van der Waals surface area (Å²) in [7, 11) is 0. The standard InChI is InChI=1S/C13H14ClN3/c14-12-4-2-1-3-11(12)13-7-10(16-17-13)8-15-9-5-6-9/h1-4,7,9,15H,5-6,8H2,(H,16,17). The molecule has 0 aliphatic heterocycles. The number of hydrogen-bond acceptors (Lipinski definition) is 2. The number of nitrogens with one attached hydrogen (secondary N) is 2. The van der Waals surface area contributed by atoms with Crippen molar-refractivity contribution in [2.24, 2.45) is 0 Å². The van der Waals surface area contributed by atoms with Crippen LogP contribution in [0.4, 0.5) is 0 Å². The summed E-state index contributed by atoms with van der Waals surface area (Å²) in [5.41, 5.74) is 2.98. The highest BCUT2D eigenvalue weighted by molar-refractivity contribution is 6.33. The topological polar surface area (TPSA) is 40.7 Å². The number of hydrogen-bond donors (Lipinski definition) is 2. The van der Waals surface area contributed by atoms with Gasteiger partial charge in [0.25, 0.3) is 0 Å². The second-order valence-electron chi connectivity index (χ2n) is 4.41. The van der Waals surface area contributed by atoms with Crippen molar-refractivity contribution in [3.05, 3.63) is 41.0 Å². The number of aromatic amines is 1. The molecule has 0 amide bonds. The molecule has 2 aromatic rings. The monoisotopic (exact) mass is 247 g/mol. The molecule has 2 N–H and O–H groups in total. The molecule has 3 rings (SSSR count). The summed E-state index contributed by atoms with van der Waals surface area (Å²) in [6.45, 7) is 0.849. The molecular weight excluding hydrogens is 234 g/mol. The quantitative estimate of drug-likeness (QED) is 0.872. The second kappa shape index (κ2) is 4.51. The lowest BCUT2D eigenvalue weighted by Gasteiger charge is -1.99. The third kappa shape index (κ3) is 2.51. The molecular formula is C13H14ClN3. The molecule has 88 valence electrons. The van der Waals surface area contributed by atoms with Gasteiger partial charge in [0.15, 0.2) is 0 Å². The van der Waals surface area contributed by atoms with Gasteiger partial charge in [0.05, 0.1) is 10.7 Å². The number of rotatable bonds is 4. The molecule has 3 nitrogen and oxygen atoms in total. The molecule has 1 aromatic carbocycles. The lowest BCUT2D eigenvalue weighted by atomic mass is 10.1. The van der Waals surface area contributed by atoms with Crippen LogP contribution in [0.3, 0.4) is 0 Å². The highest BCUT2D eigenvalue weighted by atomic mass is 35.5. The number of H-pyrrole nitrogens is 1. The van der Waals surface area contributed by atoms with Gasteiger partial charge in [0, 0.05) is 23.8 Å². The van der Waals surface area contributed by atoms with Crippen LogP contribution in [0.15, 0.2) is 30.3 Å². The zero-order valence-electron chi connectivity index (χ0n) is 9.41. The first-order chi connectivity index (χ1) is 8.33. The third-order valence-electron chi connectivity index (χ3n) is 2.94. The number of nitrogens with zero attached hydrogens (tertiary/aromatic N) is 1. The van der Waals surface area contributed by atoms with Crippen molar-refractivity contribution in [2.75, 3.05) is 0 Å². The Balaban J connectivity index is 1.77. The molecule has 17 heavy (non-hydrogen) atoms. The molecule has 0 saturated heterocycles. The first-order valence-corrected chi connectivity index (χ1v) is 6.23. The van der Waals surface area contributed by atoms with Crippen molar-refractivity contribution in [3.8, 4) is 11.3 Å². The largest absolute Gasteiger partial charge is 0.308 e. The van der Waals surface area contributed by atoms with Crippen LogP contribution in [0.5, 0.6) is 0 Å². The highest BCUT2D eigenvalue weighted by Gasteiger charge is 2.20. The maximum absolute atomic E-state index is 6.14. The average molecular weight is 248 g/mol. The molecule has 1 aliphatic rings. The maximum atomic E-state index is 6.14. The Morgan fingerprint density at radius 3 is 2.94 bits per heavy atom. The Kier molecular flexibility index (Phi) is 2.87. The Bertz CT molecular complexity index is 517. The van der Waals surface area contributed by atoms with Crippen LogP contribution < -0.4 is 5.32 Å². The summed E-state index contributed by atoms with van der Waals surface area (Å²) in [4.78, 5) is 0. The molecule has 4 heteroatoms. The molecule has 1 aromatic heterocycles. The number of halogens is 1. The summed E-state index contributed by atoms with van der Waals surface area (Å²) in [5, 5.41) is 11.5. The average Bonchev–Trinajstić information content (AvgIpc) is 3.06. The minimum absolute atomic E-state index is 0.710. The van der Waals surface area contributed by atoms with Crippen molar-refractivity contribution in [1.82, 2.24) is 15.5 Å². The van der Waals surface area contributed by atoms with Crippen LogP contribution in [0, 0.1) is 0 Å². The molecule has 0 radical (unpaired) electrons. The van der Waals surface area contributed by atoms with E-state index in [0.717, 1.165) is 28.5 Å². The fourth-order valence-electron chi connectivity index (χ4n) is 1.80. The lowest BCUT2D eigenvalue weighted by molar-refractivity contribution is 0.672. The van der Waals surface area contributed by atoms with E-state index in [2.05, 4.69) is 21.6 Å². The highest BCUT2D eigenvalue weighted by Crippen LogP contribution is 2.26. The molecule has 1 fully saturated rings. The number of benzene rings is 1. The van der Waals surface area contributed by atoms with Gasteiger partial charge in [-0.1, -0.05) is 29.8 Å². The van der Waals surface area contributed by atoms with Gasteiger partial charge in [-0.2, -0.15) is 5.10 Å². The van der Waals surface area contributed by atoms with E-state index < -0.39 is 0 Å². The minimum atomic E-state index is 0.710. The predicted molar refractivity (Wildman–Crippen MR) is 68.9 cm³/mol. The van der Waals surface area contributed by atoms with Crippen LogP contribution in [0.25, 0.3) is 11.3 Å². The van der Waals surface area contributed by atoms with E-state index in [1.807, 2.05) is 24.3 Å². The van der Waals surface area contributed by atoms with E-state index in [0.29, 0.717) is 6.04 Å². The molecule has 0 unspecified atom stereocenters. The van der Waals surface area contributed by atoms with Crippen molar-refractivity contribution in [3.63, 3.8) is 0 Å². The van der Waals surface area contributed by atoms with Crippen LogP contribution >= 0.6 is 11.6 Å². The van der Waals surface area contributed by atoms with E-state index in [1.165, 1.54) is 12.8 Å². The first kappa shape index (κ1) is 10.8. The van der Waals surface area contributed by atoms with Gasteiger partial charge in [-0.05, 0) is 25.0 Å². The molecule has 0 spiro atoms. The molecule has 0 atom stereocenters. The second-order valence-corrected chi connectivity index (χ2v) is 4.82. The van der Waals surface area contributed by atoms with E-state index in [9.17, 15) is 0 Å². The van der Waals surface area contributed by atoms with E-state index in [4.69, 9.17) is 11.6 Å². The zero-order valence-corrected chi connectivity index (χ0v) is 10.2. The molecule has 1 heterocycles. The summed E-state index contributed by atoms with van der Waals surface area (Å²) in [6, 6.07) is 10.5. The first-order valence-electron chi connectivity index (χ1n) is 5.85. The number of aromatic nitrogens is 2. The molecule has 1 aliphatic carbocycles. The normalized spacial score (nSPS) is 15.1. The van der Waals surface area contributed by atoms with Crippen molar-refractivity contribution in [1.29, 1.82) is 0 Å². The fraction of sp³-hybridized carbons (Fsp3) is 0.308. The van der Waals surface area contributed by atoms with Gasteiger partial charge < -0.3 is 5.32 Å². The summed E-state index contributed by atoms with van der Waals surface area (Å²) in [5.74, 6) is 0. The van der Waals surface area contributed by atoms with Crippen molar-refractivity contribution < 1.29 is 0 Å². The van der Waals surface area contributed by atoms with Crippen LogP contribution in [-0.2, 0) is 6.54 Å². The van der Waals surface area contributed by atoms with E-state index in [1.54, 1.807) is 0 Å². The summed E-state index contributed by atoms with van der Waals surface area (Å²) in [6.07, 6.45) is 2.59. The van der Waals surface area contributed by atoms with Gasteiger partial charge in [-0.25, -0.2) is 0 Å². The Hall–Kier alpha value is -1.32.